The molecule has 6 heterocycles. The molecule has 2 fully saturated rings. The van der Waals surface area contributed by atoms with Crippen LogP contribution in [0.25, 0.3) is 11.3 Å². The van der Waals surface area contributed by atoms with Crippen molar-refractivity contribution in [3.63, 3.8) is 0 Å². The van der Waals surface area contributed by atoms with Crippen molar-refractivity contribution in [1.29, 1.82) is 0 Å². The third kappa shape index (κ3) is 11.1. The molecule has 0 aliphatic carbocycles. The Bertz CT molecular complexity index is 2800. The summed E-state index contributed by atoms with van der Waals surface area (Å²) in [7, 11) is 3.45. The van der Waals surface area contributed by atoms with Crippen molar-refractivity contribution in [2.24, 2.45) is 4.99 Å². The fraction of sp³-hybridized carbons (Fsp3) is 0.382. The van der Waals surface area contributed by atoms with Crippen LogP contribution in [0, 0.1) is 18.6 Å². The third-order valence-electron chi connectivity index (χ3n) is 14.3. The maximum absolute atomic E-state index is 16.1. The summed E-state index contributed by atoms with van der Waals surface area (Å²) in [6.07, 6.45) is 13.4. The highest BCUT2D eigenvalue weighted by molar-refractivity contribution is 5.95. The normalized spacial score (nSPS) is 19.3. The van der Waals surface area contributed by atoms with E-state index in [1.165, 1.54) is 6.07 Å². The number of halogens is 2. The first-order chi connectivity index (χ1) is 33.2. The SMILES string of the molecule is C=C1CCC(Nc2ccc(C3CCN(Cc4cc5n(n4)CCN(C(=O)c4cc(C)c(C6=CCN(C(C)/C(C)=C/C(=C)/C(=C\C=NC)n7ccc(NC)cc7=O)CC6)c(F)c4)C5)CC3)c(F)c2)C(=C)N1. The Hall–Kier alpha value is -6.64. The molecule has 2 aromatic heterocycles. The molecule has 3 N–H and O–H groups in total. The largest absolute Gasteiger partial charge is 0.388 e. The Morgan fingerprint density at radius 2 is 1.80 bits per heavy atom. The Morgan fingerprint density at radius 3 is 2.48 bits per heavy atom. The lowest BCUT2D eigenvalue weighted by Gasteiger charge is -2.33. The number of aliphatic imine (C=N–C) groups is 1. The van der Waals surface area contributed by atoms with Crippen LogP contribution in [0.3, 0.4) is 0 Å². The van der Waals surface area contributed by atoms with E-state index in [9.17, 15) is 9.59 Å². The number of benzene rings is 2. The minimum atomic E-state index is -0.387. The zero-order valence-corrected chi connectivity index (χ0v) is 40.8. The molecule has 4 aliphatic rings. The summed E-state index contributed by atoms with van der Waals surface area (Å²) in [4.78, 5) is 37.5. The van der Waals surface area contributed by atoms with Crippen LogP contribution in [0.1, 0.15) is 90.3 Å². The highest BCUT2D eigenvalue weighted by Gasteiger charge is 2.29. The van der Waals surface area contributed by atoms with Gasteiger partial charge in [-0.3, -0.25) is 33.6 Å². The Morgan fingerprint density at radius 1 is 1.00 bits per heavy atom. The number of hydrogen-bond acceptors (Lipinski definition) is 9. The van der Waals surface area contributed by atoms with Crippen molar-refractivity contribution < 1.29 is 13.6 Å². The van der Waals surface area contributed by atoms with Gasteiger partial charge in [-0.25, -0.2) is 8.78 Å². The minimum absolute atomic E-state index is 0.0324. The summed E-state index contributed by atoms with van der Waals surface area (Å²) in [5, 5.41) is 14.5. The minimum Gasteiger partial charge on any atom is -0.388 e. The molecule has 12 nitrogen and oxygen atoms in total. The van der Waals surface area contributed by atoms with Crippen molar-refractivity contribution in [3.8, 4) is 0 Å². The molecule has 0 radical (unpaired) electrons. The second kappa shape index (κ2) is 21.3. The van der Waals surface area contributed by atoms with E-state index in [0.717, 1.165) is 102 Å². The van der Waals surface area contributed by atoms with Crippen LogP contribution in [-0.2, 0) is 19.6 Å². The van der Waals surface area contributed by atoms with Gasteiger partial charge in [-0.1, -0.05) is 43.5 Å². The molecule has 14 heteroatoms. The molecular formula is C55H66F2N10O2. The number of likely N-dealkylation sites (tertiary alicyclic amines) is 1. The number of aromatic nitrogens is 3. The number of hydrogen-bond donors (Lipinski definition) is 3. The van der Waals surface area contributed by atoms with Crippen molar-refractivity contribution in [1.82, 2.24) is 34.4 Å². The molecule has 0 bridgehead atoms. The molecule has 2 atom stereocenters. The number of piperidine rings is 2. The lowest BCUT2D eigenvalue weighted by Crippen LogP contribution is -2.38. The second-order valence-corrected chi connectivity index (χ2v) is 18.9. The maximum atomic E-state index is 16.1. The van der Waals surface area contributed by atoms with Gasteiger partial charge in [-0.2, -0.15) is 5.10 Å². The predicted octanol–water partition coefficient (Wildman–Crippen LogP) is 9.12. The van der Waals surface area contributed by atoms with Crippen LogP contribution in [0.15, 0.2) is 125 Å². The van der Waals surface area contributed by atoms with Gasteiger partial charge >= 0.3 is 0 Å². The van der Waals surface area contributed by atoms with E-state index < -0.39 is 0 Å². The number of rotatable bonds is 14. The summed E-state index contributed by atoms with van der Waals surface area (Å²) < 4.78 is 35.1. The lowest BCUT2D eigenvalue weighted by molar-refractivity contribution is 0.0705. The molecule has 0 spiro atoms. The number of aryl methyl sites for hydroxylation is 1. The average molecular weight is 937 g/mol. The van der Waals surface area contributed by atoms with E-state index in [1.807, 2.05) is 41.9 Å². The third-order valence-corrected chi connectivity index (χ3v) is 14.3. The number of pyridine rings is 1. The highest BCUT2D eigenvalue weighted by Crippen LogP contribution is 2.34. The van der Waals surface area contributed by atoms with Gasteiger partial charge in [-0.15, -0.1) is 0 Å². The Kier molecular flexibility index (Phi) is 15.1. The number of nitrogens with zero attached hydrogens (tertiary/aromatic N) is 7. The number of fused-ring (bicyclic) bond motifs is 1. The molecular weight excluding hydrogens is 871 g/mol. The first kappa shape index (κ1) is 48.8. The first-order valence-corrected chi connectivity index (χ1v) is 24.1. The lowest BCUT2D eigenvalue weighted by atomic mass is 9.88. The van der Waals surface area contributed by atoms with Crippen LogP contribution in [-0.4, -0.2) is 100 Å². The van der Waals surface area contributed by atoms with Gasteiger partial charge in [0.15, 0.2) is 0 Å². The second-order valence-electron chi connectivity index (χ2n) is 18.9. The summed E-state index contributed by atoms with van der Waals surface area (Å²) >= 11 is 0. The first-order valence-electron chi connectivity index (χ1n) is 24.1. The molecule has 0 saturated carbocycles. The number of carbonyl (C=O) groups is 1. The Balaban J connectivity index is 0.840. The summed E-state index contributed by atoms with van der Waals surface area (Å²) in [6.45, 7) is 23.6. The standard InChI is InChI=1S/C55H66F2N10O2/c1-35(27-36(2)52(13-19-58-7)66-24-18-44(59-8)32-53(66)68)40(6)64-22-16-42(17-23-64)54-37(3)28-43(29-50(54)57)55(69)65-25-26-67-47(34-65)30-46(62-67)33-63-20-14-41(15-21-63)48-11-10-45(31-49(48)56)61-51-12-9-38(4)60-39(51)5/h10-11,13,16,18-19,24,27-32,40-41,51,59-61H,2,4-5,9,12,14-15,17,20-23,25-26,33-34H2,1,3,6-8H3/b35-27+,52-13+,58-19?. The quantitative estimate of drug-likeness (QED) is 0.0848. The van der Waals surface area contributed by atoms with Gasteiger partial charge in [-0.05, 0) is 137 Å². The van der Waals surface area contributed by atoms with E-state index in [1.54, 1.807) is 54.2 Å². The van der Waals surface area contributed by atoms with E-state index in [2.05, 4.69) is 76.5 Å². The van der Waals surface area contributed by atoms with Gasteiger partial charge in [0.1, 0.15) is 11.6 Å². The summed E-state index contributed by atoms with van der Waals surface area (Å²) in [5.41, 5.74) is 10.8. The van der Waals surface area contributed by atoms with Gasteiger partial charge in [0.25, 0.3) is 11.5 Å². The van der Waals surface area contributed by atoms with E-state index in [4.69, 9.17) is 5.10 Å². The van der Waals surface area contributed by atoms with Crippen LogP contribution < -0.4 is 21.5 Å². The molecule has 1 amide bonds. The van der Waals surface area contributed by atoms with E-state index >= 15 is 8.78 Å². The molecule has 4 aliphatic heterocycles. The summed E-state index contributed by atoms with van der Waals surface area (Å²) in [5.74, 6) is -0.605. The van der Waals surface area contributed by atoms with Crippen molar-refractivity contribution >= 4 is 34.8 Å². The average Bonchev–Trinajstić information content (AvgIpc) is 3.74. The van der Waals surface area contributed by atoms with Crippen molar-refractivity contribution in [2.45, 2.75) is 90.5 Å². The number of amides is 1. The van der Waals surface area contributed by atoms with Crippen molar-refractivity contribution in [3.05, 3.63) is 171 Å². The zero-order chi connectivity index (χ0) is 48.9. The van der Waals surface area contributed by atoms with Gasteiger partial charge < -0.3 is 20.9 Å². The molecule has 362 valence electrons. The maximum Gasteiger partial charge on any atom is 0.257 e. The number of anilines is 2. The zero-order valence-electron chi connectivity index (χ0n) is 40.8. The van der Waals surface area contributed by atoms with E-state index in [0.29, 0.717) is 61.5 Å². The predicted molar refractivity (Wildman–Crippen MR) is 275 cm³/mol. The fourth-order valence-corrected chi connectivity index (χ4v) is 10.2. The molecule has 69 heavy (non-hydrogen) atoms. The Labute approximate surface area is 405 Å². The van der Waals surface area contributed by atoms with Gasteiger partial charge in [0.05, 0.1) is 36.2 Å². The molecule has 2 saturated heterocycles. The topological polar surface area (TPSA) is 115 Å². The van der Waals surface area contributed by atoms with E-state index in [-0.39, 0.29) is 41.1 Å². The smallest absolute Gasteiger partial charge is 0.257 e. The van der Waals surface area contributed by atoms with Gasteiger partial charge in [0, 0.05) is 98.7 Å². The monoisotopic (exact) mass is 937 g/mol. The molecule has 4 aromatic rings. The highest BCUT2D eigenvalue weighted by atomic mass is 19.1. The number of allylic oxidation sites excluding steroid dienone is 5. The fourth-order valence-electron chi connectivity index (χ4n) is 10.2. The summed E-state index contributed by atoms with van der Waals surface area (Å²) in [6, 6.07) is 14.3. The number of carbonyl (C=O) groups excluding carboxylic acids is 1. The molecule has 2 unspecified atom stereocenters. The van der Waals surface area contributed by atoms with Crippen LogP contribution >= 0.6 is 0 Å². The molecule has 8 rings (SSSR count). The van der Waals surface area contributed by atoms with Crippen molar-refractivity contribution in [2.75, 3.05) is 57.5 Å². The van der Waals surface area contributed by atoms with Crippen LogP contribution in [0.2, 0.25) is 0 Å². The molecule has 2 aromatic carbocycles. The van der Waals surface area contributed by atoms with Crippen LogP contribution in [0.4, 0.5) is 20.2 Å². The number of nitrogens with one attached hydrogen (secondary N) is 3. The van der Waals surface area contributed by atoms with Gasteiger partial charge in [0.2, 0.25) is 0 Å². The van der Waals surface area contributed by atoms with Crippen LogP contribution in [0.5, 0.6) is 0 Å².